The van der Waals surface area contributed by atoms with Gasteiger partial charge in [0.1, 0.15) is 0 Å². The van der Waals surface area contributed by atoms with Crippen LogP contribution in [-0.2, 0) is 4.74 Å². The molecule has 2 N–H and O–H groups in total. The van der Waals surface area contributed by atoms with Crippen molar-refractivity contribution in [2.75, 3.05) is 52.4 Å². The van der Waals surface area contributed by atoms with Crippen LogP contribution in [0.4, 0.5) is 0 Å². The molecule has 1 aliphatic heterocycles. The van der Waals surface area contributed by atoms with Gasteiger partial charge in [0, 0.05) is 32.7 Å². The molecule has 1 aliphatic rings. The number of ether oxygens (including phenoxy) is 1. The van der Waals surface area contributed by atoms with Gasteiger partial charge in [0.2, 0.25) is 0 Å². The SMILES string of the molecule is CC(C)OCCN1CCN(CCCN)CC1. The van der Waals surface area contributed by atoms with Crippen molar-refractivity contribution in [3.05, 3.63) is 0 Å². The topological polar surface area (TPSA) is 41.7 Å². The van der Waals surface area contributed by atoms with Crippen molar-refractivity contribution in [3.8, 4) is 0 Å². The Balaban J connectivity index is 2.03. The number of nitrogens with zero attached hydrogens (tertiary/aromatic N) is 2. The molecule has 0 unspecified atom stereocenters. The van der Waals surface area contributed by atoms with Crippen molar-refractivity contribution in [2.24, 2.45) is 5.73 Å². The van der Waals surface area contributed by atoms with E-state index in [9.17, 15) is 0 Å². The lowest BCUT2D eigenvalue weighted by molar-refractivity contribution is 0.0448. The van der Waals surface area contributed by atoms with E-state index in [1.54, 1.807) is 0 Å². The second kappa shape index (κ2) is 8.01. The summed E-state index contributed by atoms with van der Waals surface area (Å²) in [4.78, 5) is 4.99. The van der Waals surface area contributed by atoms with Gasteiger partial charge in [0.15, 0.2) is 0 Å². The fourth-order valence-corrected chi connectivity index (χ4v) is 1.97. The Morgan fingerprint density at radius 1 is 1.06 bits per heavy atom. The van der Waals surface area contributed by atoms with Gasteiger partial charge >= 0.3 is 0 Å². The molecule has 1 fully saturated rings. The monoisotopic (exact) mass is 229 g/mol. The first-order chi connectivity index (χ1) is 7.72. The van der Waals surface area contributed by atoms with Crippen molar-refractivity contribution < 1.29 is 4.74 Å². The molecule has 0 aromatic heterocycles. The van der Waals surface area contributed by atoms with E-state index >= 15 is 0 Å². The highest BCUT2D eigenvalue weighted by Gasteiger charge is 2.15. The third-order valence-corrected chi connectivity index (χ3v) is 3.00. The fraction of sp³-hybridized carbons (Fsp3) is 1.00. The largest absolute Gasteiger partial charge is 0.377 e. The van der Waals surface area contributed by atoms with E-state index < -0.39 is 0 Å². The molecule has 0 aliphatic carbocycles. The Kier molecular flexibility index (Phi) is 6.96. The predicted molar refractivity (Wildman–Crippen MR) is 67.6 cm³/mol. The van der Waals surface area contributed by atoms with E-state index in [1.165, 1.54) is 26.2 Å². The summed E-state index contributed by atoms with van der Waals surface area (Å²) in [7, 11) is 0. The van der Waals surface area contributed by atoms with E-state index in [0.29, 0.717) is 6.10 Å². The third kappa shape index (κ3) is 5.80. The summed E-state index contributed by atoms with van der Waals surface area (Å²) in [6, 6.07) is 0. The van der Waals surface area contributed by atoms with E-state index in [1.807, 2.05) is 0 Å². The molecule has 0 bridgehead atoms. The zero-order valence-corrected chi connectivity index (χ0v) is 10.8. The molecule has 0 amide bonds. The minimum Gasteiger partial charge on any atom is -0.377 e. The molecule has 0 atom stereocenters. The van der Waals surface area contributed by atoms with Crippen LogP contribution in [0.15, 0.2) is 0 Å². The second-order valence-electron chi connectivity index (χ2n) is 4.75. The lowest BCUT2D eigenvalue weighted by Crippen LogP contribution is -2.47. The van der Waals surface area contributed by atoms with E-state index in [-0.39, 0.29) is 0 Å². The van der Waals surface area contributed by atoms with Gasteiger partial charge in [-0.1, -0.05) is 0 Å². The van der Waals surface area contributed by atoms with Crippen LogP contribution >= 0.6 is 0 Å². The maximum atomic E-state index is 5.56. The van der Waals surface area contributed by atoms with Gasteiger partial charge in [-0.3, -0.25) is 4.90 Å². The van der Waals surface area contributed by atoms with Gasteiger partial charge in [-0.05, 0) is 33.4 Å². The van der Waals surface area contributed by atoms with Crippen LogP contribution in [0.1, 0.15) is 20.3 Å². The van der Waals surface area contributed by atoms with Crippen LogP contribution in [0.2, 0.25) is 0 Å². The number of rotatable bonds is 7. The standard InChI is InChI=1S/C12H27N3O/c1-12(2)16-11-10-15-8-6-14(7-9-15)5-3-4-13/h12H,3-11,13H2,1-2H3. The molecular weight excluding hydrogens is 202 g/mol. The Labute approximate surface area is 99.7 Å². The Bertz CT molecular complexity index is 168. The summed E-state index contributed by atoms with van der Waals surface area (Å²) >= 11 is 0. The molecule has 0 spiro atoms. The Hall–Kier alpha value is -0.160. The van der Waals surface area contributed by atoms with Gasteiger partial charge < -0.3 is 15.4 Å². The van der Waals surface area contributed by atoms with Gasteiger partial charge in [-0.2, -0.15) is 0 Å². The summed E-state index contributed by atoms with van der Waals surface area (Å²) < 4.78 is 5.56. The van der Waals surface area contributed by atoms with Crippen molar-refractivity contribution in [1.82, 2.24) is 9.80 Å². The zero-order valence-electron chi connectivity index (χ0n) is 10.8. The van der Waals surface area contributed by atoms with Crippen LogP contribution in [0.25, 0.3) is 0 Å². The van der Waals surface area contributed by atoms with Crippen LogP contribution in [0.5, 0.6) is 0 Å². The molecule has 4 nitrogen and oxygen atoms in total. The molecule has 1 heterocycles. The molecule has 0 aromatic rings. The number of piperazine rings is 1. The van der Waals surface area contributed by atoms with Crippen LogP contribution < -0.4 is 5.73 Å². The summed E-state index contributed by atoms with van der Waals surface area (Å²) in [6.07, 6.45) is 1.47. The molecule has 1 rings (SSSR count). The highest BCUT2D eigenvalue weighted by Crippen LogP contribution is 2.02. The normalized spacial score (nSPS) is 19.5. The molecule has 0 radical (unpaired) electrons. The minimum absolute atomic E-state index is 0.353. The lowest BCUT2D eigenvalue weighted by atomic mass is 10.3. The zero-order chi connectivity index (χ0) is 11.8. The minimum atomic E-state index is 0.353. The molecule has 4 heteroatoms. The fourth-order valence-electron chi connectivity index (χ4n) is 1.97. The van der Waals surface area contributed by atoms with E-state index in [0.717, 1.165) is 32.7 Å². The van der Waals surface area contributed by atoms with Gasteiger partial charge in [-0.15, -0.1) is 0 Å². The van der Waals surface area contributed by atoms with Gasteiger partial charge in [0.05, 0.1) is 12.7 Å². The number of hydrogen-bond donors (Lipinski definition) is 1. The molecular formula is C12H27N3O. The third-order valence-electron chi connectivity index (χ3n) is 3.00. The average Bonchev–Trinajstić information content (AvgIpc) is 2.27. The highest BCUT2D eigenvalue weighted by molar-refractivity contribution is 4.71. The average molecular weight is 229 g/mol. The van der Waals surface area contributed by atoms with Crippen LogP contribution in [-0.4, -0.2) is 68.3 Å². The van der Waals surface area contributed by atoms with Crippen LogP contribution in [0, 0.1) is 0 Å². The second-order valence-corrected chi connectivity index (χ2v) is 4.75. The summed E-state index contributed by atoms with van der Waals surface area (Å²) in [5, 5.41) is 0. The van der Waals surface area contributed by atoms with E-state index in [2.05, 4.69) is 23.6 Å². The quantitative estimate of drug-likeness (QED) is 0.685. The molecule has 0 saturated carbocycles. The maximum absolute atomic E-state index is 5.56. The van der Waals surface area contributed by atoms with E-state index in [4.69, 9.17) is 10.5 Å². The smallest absolute Gasteiger partial charge is 0.0596 e. The van der Waals surface area contributed by atoms with Crippen molar-refractivity contribution in [3.63, 3.8) is 0 Å². The highest BCUT2D eigenvalue weighted by atomic mass is 16.5. The maximum Gasteiger partial charge on any atom is 0.0596 e. The first-order valence-corrected chi connectivity index (χ1v) is 6.48. The van der Waals surface area contributed by atoms with Crippen molar-refractivity contribution in [2.45, 2.75) is 26.4 Å². The summed E-state index contributed by atoms with van der Waals surface area (Å²) in [6.45, 7) is 12.8. The Morgan fingerprint density at radius 3 is 2.12 bits per heavy atom. The summed E-state index contributed by atoms with van der Waals surface area (Å²) in [5.41, 5.74) is 5.51. The summed E-state index contributed by atoms with van der Waals surface area (Å²) in [5.74, 6) is 0. The molecule has 16 heavy (non-hydrogen) atoms. The first kappa shape index (κ1) is 13.9. The van der Waals surface area contributed by atoms with Crippen LogP contribution in [0.3, 0.4) is 0 Å². The Morgan fingerprint density at radius 2 is 1.62 bits per heavy atom. The van der Waals surface area contributed by atoms with Crippen molar-refractivity contribution in [1.29, 1.82) is 0 Å². The molecule has 0 aromatic carbocycles. The predicted octanol–water partition coefficient (Wildman–Crippen LogP) is 0.378. The number of hydrogen-bond acceptors (Lipinski definition) is 4. The lowest BCUT2D eigenvalue weighted by Gasteiger charge is -2.34. The molecule has 1 saturated heterocycles. The van der Waals surface area contributed by atoms with Crippen molar-refractivity contribution >= 4 is 0 Å². The number of nitrogens with two attached hydrogens (primary N) is 1. The van der Waals surface area contributed by atoms with Gasteiger partial charge in [-0.25, -0.2) is 0 Å². The van der Waals surface area contributed by atoms with Gasteiger partial charge in [0.25, 0.3) is 0 Å². The first-order valence-electron chi connectivity index (χ1n) is 6.48. The molecule has 96 valence electrons.